The minimum atomic E-state index is 0.182. The summed E-state index contributed by atoms with van der Waals surface area (Å²) in [5.41, 5.74) is 3.27. The smallest absolute Gasteiger partial charge is 0.0797 e. The van der Waals surface area contributed by atoms with E-state index < -0.39 is 0 Å². The summed E-state index contributed by atoms with van der Waals surface area (Å²) in [6, 6.07) is 0. The van der Waals surface area contributed by atoms with E-state index in [9.17, 15) is 0 Å². The summed E-state index contributed by atoms with van der Waals surface area (Å²) in [7, 11) is 2.01. The van der Waals surface area contributed by atoms with E-state index >= 15 is 0 Å². The predicted octanol–water partition coefficient (Wildman–Crippen LogP) is 2.54. The van der Waals surface area contributed by atoms with Gasteiger partial charge in [0.1, 0.15) is 0 Å². The zero-order valence-corrected chi connectivity index (χ0v) is 11.6. The summed E-state index contributed by atoms with van der Waals surface area (Å²) in [5.74, 6) is 0. The zero-order chi connectivity index (χ0) is 12.1. The lowest BCUT2D eigenvalue weighted by atomic mass is 9.77. The number of rotatable bonds is 7. The third-order valence-corrected chi connectivity index (χ3v) is 4.67. The number of nitrogens with one attached hydrogen (secondary N) is 1. The van der Waals surface area contributed by atoms with Crippen molar-refractivity contribution in [2.24, 2.45) is 0 Å². The van der Waals surface area contributed by atoms with Crippen LogP contribution in [0, 0.1) is 6.92 Å². The van der Waals surface area contributed by atoms with E-state index in [1.54, 1.807) is 11.3 Å². The number of aryl methyl sites for hydroxylation is 1. The SMILES string of the molecule is CNCCC1(OCCc2scnc2C)CCC1. The van der Waals surface area contributed by atoms with Gasteiger partial charge in [0.2, 0.25) is 0 Å². The van der Waals surface area contributed by atoms with E-state index in [1.807, 2.05) is 12.6 Å². The quantitative estimate of drug-likeness (QED) is 0.812. The molecule has 1 fully saturated rings. The highest BCUT2D eigenvalue weighted by molar-refractivity contribution is 7.09. The molecule has 0 saturated heterocycles. The van der Waals surface area contributed by atoms with Crippen molar-refractivity contribution in [1.82, 2.24) is 10.3 Å². The molecule has 0 radical (unpaired) electrons. The molecule has 0 unspecified atom stereocenters. The van der Waals surface area contributed by atoms with Crippen molar-refractivity contribution >= 4 is 11.3 Å². The molecule has 0 spiro atoms. The molecule has 17 heavy (non-hydrogen) atoms. The third kappa shape index (κ3) is 3.27. The Kier molecular flexibility index (Phi) is 4.54. The molecule has 0 atom stereocenters. The predicted molar refractivity (Wildman–Crippen MR) is 71.6 cm³/mol. The van der Waals surface area contributed by atoms with Crippen LogP contribution in [-0.2, 0) is 11.2 Å². The van der Waals surface area contributed by atoms with Gasteiger partial charge in [-0.2, -0.15) is 0 Å². The Labute approximate surface area is 108 Å². The van der Waals surface area contributed by atoms with Gasteiger partial charge < -0.3 is 10.1 Å². The molecule has 96 valence electrons. The fraction of sp³-hybridized carbons (Fsp3) is 0.769. The maximum absolute atomic E-state index is 6.13. The molecule has 1 N–H and O–H groups in total. The number of ether oxygens (including phenoxy) is 1. The fourth-order valence-corrected chi connectivity index (χ4v) is 3.08. The van der Waals surface area contributed by atoms with Crippen LogP contribution in [0.5, 0.6) is 0 Å². The first-order valence-electron chi connectivity index (χ1n) is 6.43. The second-order valence-electron chi connectivity index (χ2n) is 4.85. The van der Waals surface area contributed by atoms with E-state index in [4.69, 9.17) is 4.74 Å². The van der Waals surface area contributed by atoms with Crippen LogP contribution < -0.4 is 5.32 Å². The number of nitrogens with zero attached hydrogens (tertiary/aromatic N) is 1. The molecule has 1 aliphatic rings. The standard InChI is InChI=1S/C13H22N2OS/c1-11-12(17-10-15-11)4-9-16-13(5-3-6-13)7-8-14-2/h10,14H,3-9H2,1-2H3. The van der Waals surface area contributed by atoms with Crippen molar-refractivity contribution in [2.45, 2.75) is 44.6 Å². The van der Waals surface area contributed by atoms with Crippen LogP contribution in [0.4, 0.5) is 0 Å². The van der Waals surface area contributed by atoms with Crippen molar-refractivity contribution in [2.75, 3.05) is 20.2 Å². The summed E-state index contributed by atoms with van der Waals surface area (Å²) in [4.78, 5) is 5.64. The Morgan fingerprint density at radius 3 is 2.88 bits per heavy atom. The largest absolute Gasteiger partial charge is 0.375 e. The molecule has 1 saturated carbocycles. The number of hydrogen-bond acceptors (Lipinski definition) is 4. The molecule has 3 nitrogen and oxygen atoms in total. The van der Waals surface area contributed by atoms with Crippen LogP contribution in [0.2, 0.25) is 0 Å². The second-order valence-corrected chi connectivity index (χ2v) is 5.79. The number of aromatic nitrogens is 1. The minimum absolute atomic E-state index is 0.182. The van der Waals surface area contributed by atoms with Crippen molar-refractivity contribution in [3.8, 4) is 0 Å². The molecule has 0 aromatic carbocycles. The van der Waals surface area contributed by atoms with E-state index in [1.165, 1.54) is 24.1 Å². The first kappa shape index (κ1) is 13.0. The number of thiazole rings is 1. The topological polar surface area (TPSA) is 34.1 Å². The fourth-order valence-electron chi connectivity index (χ4n) is 2.32. The summed E-state index contributed by atoms with van der Waals surface area (Å²) >= 11 is 1.74. The first-order chi connectivity index (χ1) is 8.26. The summed E-state index contributed by atoms with van der Waals surface area (Å²) in [6.45, 7) is 3.97. The highest BCUT2D eigenvalue weighted by atomic mass is 32.1. The highest BCUT2D eigenvalue weighted by Crippen LogP contribution is 2.38. The van der Waals surface area contributed by atoms with Crippen molar-refractivity contribution < 1.29 is 4.74 Å². The van der Waals surface area contributed by atoms with E-state index in [0.717, 1.165) is 31.7 Å². The molecular formula is C13H22N2OS. The second kappa shape index (κ2) is 5.94. The summed E-state index contributed by atoms with van der Waals surface area (Å²) < 4.78 is 6.13. The average Bonchev–Trinajstić information content (AvgIpc) is 2.67. The van der Waals surface area contributed by atoms with Gasteiger partial charge in [-0.3, -0.25) is 0 Å². The van der Waals surface area contributed by atoms with Crippen molar-refractivity contribution in [3.05, 3.63) is 16.1 Å². The maximum atomic E-state index is 6.13. The first-order valence-corrected chi connectivity index (χ1v) is 7.31. The van der Waals surface area contributed by atoms with Crippen LogP contribution in [-0.4, -0.2) is 30.8 Å². The third-order valence-electron chi connectivity index (χ3n) is 3.68. The van der Waals surface area contributed by atoms with Crippen LogP contribution in [0.1, 0.15) is 36.3 Å². The highest BCUT2D eigenvalue weighted by Gasteiger charge is 2.37. The lowest BCUT2D eigenvalue weighted by Gasteiger charge is -2.42. The van der Waals surface area contributed by atoms with Gasteiger partial charge in [-0.15, -0.1) is 11.3 Å². The molecule has 0 bridgehead atoms. The molecule has 1 aromatic rings. The van der Waals surface area contributed by atoms with Gasteiger partial charge >= 0.3 is 0 Å². The van der Waals surface area contributed by atoms with Crippen LogP contribution in [0.15, 0.2) is 5.51 Å². The maximum Gasteiger partial charge on any atom is 0.0797 e. The van der Waals surface area contributed by atoms with Crippen LogP contribution >= 0.6 is 11.3 Å². The van der Waals surface area contributed by atoms with Gasteiger partial charge in [-0.05, 0) is 46.2 Å². The molecule has 1 aliphatic carbocycles. The Morgan fingerprint density at radius 2 is 2.35 bits per heavy atom. The van der Waals surface area contributed by atoms with Crippen LogP contribution in [0.25, 0.3) is 0 Å². The normalized spacial score (nSPS) is 18.0. The van der Waals surface area contributed by atoms with E-state index in [2.05, 4.69) is 17.2 Å². The summed E-state index contributed by atoms with van der Waals surface area (Å²) in [5, 5.41) is 3.22. The lowest BCUT2D eigenvalue weighted by molar-refractivity contribution is -0.103. The molecular weight excluding hydrogens is 232 g/mol. The molecule has 0 amide bonds. The Morgan fingerprint density at radius 1 is 1.53 bits per heavy atom. The van der Waals surface area contributed by atoms with E-state index in [-0.39, 0.29) is 5.60 Å². The lowest BCUT2D eigenvalue weighted by Crippen LogP contribution is -2.42. The van der Waals surface area contributed by atoms with Gasteiger partial charge in [0, 0.05) is 11.3 Å². The van der Waals surface area contributed by atoms with Gasteiger partial charge in [0.05, 0.1) is 23.4 Å². The molecule has 1 aromatic heterocycles. The summed E-state index contributed by atoms with van der Waals surface area (Å²) in [6.07, 6.45) is 5.94. The van der Waals surface area contributed by atoms with Gasteiger partial charge in [-0.1, -0.05) is 0 Å². The average molecular weight is 254 g/mol. The zero-order valence-electron chi connectivity index (χ0n) is 10.8. The molecule has 0 aliphatic heterocycles. The van der Waals surface area contributed by atoms with Crippen molar-refractivity contribution in [3.63, 3.8) is 0 Å². The van der Waals surface area contributed by atoms with E-state index in [0.29, 0.717) is 0 Å². The van der Waals surface area contributed by atoms with Gasteiger partial charge in [0.25, 0.3) is 0 Å². The molecule has 4 heteroatoms. The number of hydrogen-bond donors (Lipinski definition) is 1. The van der Waals surface area contributed by atoms with Crippen LogP contribution in [0.3, 0.4) is 0 Å². The Bertz CT molecular complexity index is 347. The molecule has 2 rings (SSSR count). The van der Waals surface area contributed by atoms with Crippen molar-refractivity contribution in [1.29, 1.82) is 0 Å². The Hall–Kier alpha value is -0.450. The van der Waals surface area contributed by atoms with Gasteiger partial charge in [-0.25, -0.2) is 4.98 Å². The Balaban J connectivity index is 1.75. The monoisotopic (exact) mass is 254 g/mol. The minimum Gasteiger partial charge on any atom is -0.375 e. The van der Waals surface area contributed by atoms with Gasteiger partial charge in [0.15, 0.2) is 0 Å². The molecule has 1 heterocycles.